The zero-order chi connectivity index (χ0) is 10.6. The molecule has 0 unspecified atom stereocenters. The van der Waals surface area contributed by atoms with Gasteiger partial charge in [0.15, 0.2) is 0 Å². The SMILES string of the molecule is CSC(SC)(SC)c1cnc(C)cn1. The fraction of sp³-hybridized carbons (Fsp3) is 0.556. The van der Waals surface area contributed by atoms with Crippen molar-refractivity contribution in [3.63, 3.8) is 0 Å². The first-order chi connectivity index (χ1) is 6.68. The highest BCUT2D eigenvalue weighted by Gasteiger charge is 2.31. The lowest BCUT2D eigenvalue weighted by atomic mass is 10.4. The minimum Gasteiger partial charge on any atom is -0.258 e. The Balaban J connectivity index is 3.05. The lowest BCUT2D eigenvalue weighted by Gasteiger charge is -2.26. The van der Waals surface area contributed by atoms with E-state index in [1.807, 2.05) is 19.3 Å². The van der Waals surface area contributed by atoms with E-state index in [2.05, 4.69) is 28.7 Å². The Morgan fingerprint density at radius 2 is 1.57 bits per heavy atom. The van der Waals surface area contributed by atoms with Crippen LogP contribution < -0.4 is 0 Å². The number of hydrogen-bond acceptors (Lipinski definition) is 5. The van der Waals surface area contributed by atoms with Gasteiger partial charge < -0.3 is 0 Å². The molecule has 2 nitrogen and oxygen atoms in total. The van der Waals surface area contributed by atoms with Gasteiger partial charge in [0, 0.05) is 6.20 Å². The van der Waals surface area contributed by atoms with Crippen LogP contribution in [0.2, 0.25) is 0 Å². The lowest BCUT2D eigenvalue weighted by Crippen LogP contribution is -2.14. The minimum absolute atomic E-state index is 0.0132. The van der Waals surface area contributed by atoms with E-state index in [0.717, 1.165) is 11.4 Å². The molecule has 0 radical (unpaired) electrons. The zero-order valence-electron chi connectivity index (χ0n) is 8.77. The summed E-state index contributed by atoms with van der Waals surface area (Å²) >= 11 is 5.40. The normalized spacial score (nSPS) is 11.7. The van der Waals surface area contributed by atoms with Crippen molar-refractivity contribution < 1.29 is 0 Å². The van der Waals surface area contributed by atoms with Crippen molar-refractivity contribution in [2.24, 2.45) is 0 Å². The van der Waals surface area contributed by atoms with Gasteiger partial charge in [-0.3, -0.25) is 9.97 Å². The van der Waals surface area contributed by atoms with Gasteiger partial charge in [-0.15, -0.1) is 35.3 Å². The third-order valence-electron chi connectivity index (χ3n) is 1.90. The van der Waals surface area contributed by atoms with Crippen molar-refractivity contribution in [1.82, 2.24) is 9.97 Å². The van der Waals surface area contributed by atoms with Crippen molar-refractivity contribution >= 4 is 35.3 Å². The number of thioether (sulfide) groups is 3. The Labute approximate surface area is 98.1 Å². The molecule has 0 fully saturated rings. The van der Waals surface area contributed by atoms with Crippen molar-refractivity contribution in [2.75, 3.05) is 18.8 Å². The third kappa shape index (κ3) is 2.38. The van der Waals surface area contributed by atoms with Crippen LogP contribution in [-0.2, 0) is 3.41 Å². The minimum atomic E-state index is -0.0132. The molecule has 0 bridgehead atoms. The van der Waals surface area contributed by atoms with Crippen LogP contribution in [0.15, 0.2) is 12.4 Å². The highest BCUT2D eigenvalue weighted by atomic mass is 32.3. The molecule has 0 amide bonds. The molecule has 14 heavy (non-hydrogen) atoms. The molecule has 0 aromatic carbocycles. The molecule has 1 aromatic heterocycles. The molecule has 0 aliphatic carbocycles. The maximum atomic E-state index is 4.44. The summed E-state index contributed by atoms with van der Waals surface area (Å²) in [5.41, 5.74) is 2.00. The quantitative estimate of drug-likeness (QED) is 0.761. The number of rotatable bonds is 4. The smallest absolute Gasteiger partial charge is 0.150 e. The van der Waals surface area contributed by atoms with Gasteiger partial charge in [0.25, 0.3) is 0 Å². The second kappa shape index (κ2) is 5.28. The Morgan fingerprint density at radius 3 is 1.93 bits per heavy atom. The van der Waals surface area contributed by atoms with Crippen LogP contribution >= 0.6 is 35.3 Å². The van der Waals surface area contributed by atoms with Crippen LogP contribution in [0.4, 0.5) is 0 Å². The number of aryl methyl sites for hydroxylation is 1. The Hall–Kier alpha value is 0.130. The maximum Gasteiger partial charge on any atom is 0.150 e. The molecule has 0 spiro atoms. The molecule has 0 saturated heterocycles. The van der Waals surface area contributed by atoms with Crippen LogP contribution in [-0.4, -0.2) is 28.7 Å². The molecule has 0 aliphatic rings. The van der Waals surface area contributed by atoms with Gasteiger partial charge in [0.1, 0.15) is 3.41 Å². The molecule has 0 saturated carbocycles. The summed E-state index contributed by atoms with van der Waals surface area (Å²) in [6.45, 7) is 1.95. The van der Waals surface area contributed by atoms with E-state index in [9.17, 15) is 0 Å². The molecule has 1 aromatic rings. The highest BCUT2D eigenvalue weighted by Crippen LogP contribution is 2.50. The van der Waals surface area contributed by atoms with Gasteiger partial charge in [0.05, 0.1) is 17.6 Å². The van der Waals surface area contributed by atoms with Crippen molar-refractivity contribution in [3.05, 3.63) is 23.8 Å². The van der Waals surface area contributed by atoms with E-state index < -0.39 is 0 Å². The molecule has 0 atom stereocenters. The highest BCUT2D eigenvalue weighted by molar-refractivity contribution is 8.32. The maximum absolute atomic E-state index is 4.44. The molecule has 1 rings (SSSR count). The van der Waals surface area contributed by atoms with Crippen LogP contribution in [0.5, 0.6) is 0 Å². The van der Waals surface area contributed by atoms with Crippen molar-refractivity contribution in [1.29, 1.82) is 0 Å². The average molecular weight is 246 g/mol. The van der Waals surface area contributed by atoms with Gasteiger partial charge in [0.2, 0.25) is 0 Å². The van der Waals surface area contributed by atoms with E-state index in [4.69, 9.17) is 0 Å². The molecule has 78 valence electrons. The summed E-state index contributed by atoms with van der Waals surface area (Å²) in [6.07, 6.45) is 10.0. The van der Waals surface area contributed by atoms with E-state index in [1.165, 1.54) is 0 Å². The van der Waals surface area contributed by atoms with Gasteiger partial charge in [-0.2, -0.15) is 0 Å². The fourth-order valence-corrected chi connectivity index (χ4v) is 4.06. The first kappa shape index (κ1) is 12.2. The number of hydrogen-bond donors (Lipinski definition) is 0. The molecular formula is C9H14N2S3. The number of nitrogens with zero attached hydrogens (tertiary/aromatic N) is 2. The van der Waals surface area contributed by atoms with Crippen LogP contribution in [0.25, 0.3) is 0 Å². The lowest BCUT2D eigenvalue weighted by molar-refractivity contribution is 1.02. The summed E-state index contributed by atoms with van der Waals surface area (Å²) in [7, 11) is 0. The first-order valence-corrected chi connectivity index (χ1v) is 7.80. The van der Waals surface area contributed by atoms with Gasteiger partial charge in [-0.1, -0.05) is 0 Å². The Kier molecular flexibility index (Phi) is 4.60. The van der Waals surface area contributed by atoms with E-state index in [0.29, 0.717) is 0 Å². The standard InChI is InChI=1S/C9H14N2S3/c1-7-5-11-8(6-10-7)9(12-2,13-3)14-4/h5-6H,1-4H3. The van der Waals surface area contributed by atoms with Crippen molar-refractivity contribution in [3.8, 4) is 0 Å². The van der Waals surface area contributed by atoms with E-state index >= 15 is 0 Å². The Bertz CT molecular complexity index is 274. The first-order valence-electron chi connectivity index (χ1n) is 4.13. The Morgan fingerprint density at radius 1 is 1.00 bits per heavy atom. The van der Waals surface area contributed by atoms with Crippen LogP contribution in [0, 0.1) is 6.92 Å². The van der Waals surface area contributed by atoms with Gasteiger partial charge in [-0.05, 0) is 25.7 Å². The summed E-state index contributed by atoms with van der Waals surface area (Å²) < 4.78 is -0.0132. The van der Waals surface area contributed by atoms with Crippen molar-refractivity contribution in [2.45, 2.75) is 10.3 Å². The topological polar surface area (TPSA) is 25.8 Å². The monoisotopic (exact) mass is 246 g/mol. The molecular weight excluding hydrogens is 232 g/mol. The zero-order valence-corrected chi connectivity index (χ0v) is 11.2. The predicted octanol–water partition coefficient (Wildman–Crippen LogP) is 2.98. The fourth-order valence-electron chi connectivity index (χ4n) is 1.11. The van der Waals surface area contributed by atoms with Crippen LogP contribution in [0.1, 0.15) is 11.4 Å². The summed E-state index contributed by atoms with van der Waals surface area (Å²) in [4.78, 5) is 8.72. The van der Waals surface area contributed by atoms with Crippen LogP contribution in [0.3, 0.4) is 0 Å². The summed E-state index contributed by atoms with van der Waals surface area (Å²) in [5, 5.41) is 0. The van der Waals surface area contributed by atoms with E-state index in [-0.39, 0.29) is 3.41 Å². The molecule has 5 heteroatoms. The van der Waals surface area contributed by atoms with Gasteiger partial charge in [-0.25, -0.2) is 0 Å². The average Bonchev–Trinajstić information content (AvgIpc) is 2.24. The third-order valence-corrected chi connectivity index (χ3v) is 7.14. The largest absolute Gasteiger partial charge is 0.258 e. The molecule has 1 heterocycles. The predicted molar refractivity (Wildman–Crippen MR) is 69.0 cm³/mol. The number of aromatic nitrogens is 2. The summed E-state index contributed by atoms with van der Waals surface area (Å²) in [5.74, 6) is 0. The molecule has 0 N–H and O–H groups in total. The molecule has 0 aliphatic heterocycles. The second-order valence-electron chi connectivity index (χ2n) is 2.71. The second-order valence-corrected chi connectivity index (χ2v) is 6.55. The summed E-state index contributed by atoms with van der Waals surface area (Å²) in [6, 6.07) is 0. The van der Waals surface area contributed by atoms with Gasteiger partial charge >= 0.3 is 0 Å². The van der Waals surface area contributed by atoms with E-state index in [1.54, 1.807) is 35.3 Å².